The molecule has 1 aliphatic carbocycles. The molecule has 0 saturated heterocycles. The van der Waals surface area contributed by atoms with E-state index in [-0.39, 0.29) is 23.2 Å². The fraction of sp³-hybridized carbons (Fsp3) is 0.467. The highest BCUT2D eigenvalue weighted by Gasteiger charge is 2.41. The number of benzene rings is 1. The second-order valence-corrected chi connectivity index (χ2v) is 8.09. The zero-order chi connectivity index (χ0) is 17.3. The summed E-state index contributed by atoms with van der Waals surface area (Å²) in [6.07, 6.45) is 2.08. The number of primary amides is 1. The van der Waals surface area contributed by atoms with Crippen molar-refractivity contribution in [2.75, 3.05) is 12.3 Å². The Morgan fingerprint density at radius 3 is 2.21 bits per heavy atom. The Bertz CT molecular complexity index is 717. The molecule has 134 valence electrons. The Morgan fingerprint density at radius 1 is 1.25 bits per heavy atom. The molecule has 0 spiro atoms. The number of carbonyl (C=O) groups excluding carboxylic acids is 2. The normalized spacial score (nSPS) is 16.6. The van der Waals surface area contributed by atoms with E-state index in [1.54, 1.807) is 0 Å². The summed E-state index contributed by atoms with van der Waals surface area (Å²) < 4.78 is 23.8. The van der Waals surface area contributed by atoms with E-state index in [0.29, 0.717) is 18.0 Å². The van der Waals surface area contributed by atoms with Crippen LogP contribution in [0.5, 0.6) is 0 Å². The number of sulfone groups is 1. The fourth-order valence-electron chi connectivity index (χ4n) is 2.46. The van der Waals surface area contributed by atoms with Gasteiger partial charge in [-0.05, 0) is 49.9 Å². The first kappa shape index (κ1) is 20.4. The van der Waals surface area contributed by atoms with E-state index in [2.05, 4.69) is 5.32 Å². The third-order valence-corrected chi connectivity index (χ3v) is 5.76. The first-order valence-electron chi connectivity index (χ1n) is 7.31. The van der Waals surface area contributed by atoms with Gasteiger partial charge in [0.25, 0.3) is 5.91 Å². The molecule has 5 N–H and O–H groups in total. The van der Waals surface area contributed by atoms with Gasteiger partial charge in [0.1, 0.15) is 5.75 Å². The molecule has 1 unspecified atom stereocenters. The van der Waals surface area contributed by atoms with E-state index < -0.39 is 27.0 Å². The summed E-state index contributed by atoms with van der Waals surface area (Å²) in [5, 5.41) is 2.92. The molecule has 9 heteroatoms. The van der Waals surface area contributed by atoms with Crippen molar-refractivity contribution in [3.8, 4) is 0 Å². The Morgan fingerprint density at radius 2 is 1.79 bits per heavy atom. The minimum Gasteiger partial charge on any atom is -0.369 e. The zero-order valence-electron chi connectivity index (χ0n) is 13.3. The predicted molar refractivity (Wildman–Crippen MR) is 92.6 cm³/mol. The summed E-state index contributed by atoms with van der Waals surface area (Å²) in [5.74, 6) is -1.60. The summed E-state index contributed by atoms with van der Waals surface area (Å²) in [7, 11) is -3.77. The van der Waals surface area contributed by atoms with Crippen molar-refractivity contribution in [2.24, 2.45) is 17.4 Å². The average molecular weight is 376 g/mol. The summed E-state index contributed by atoms with van der Waals surface area (Å²) in [6.45, 7) is 2.25. The van der Waals surface area contributed by atoms with E-state index in [0.717, 1.165) is 12.8 Å². The smallest absolute Gasteiger partial charge is 0.251 e. The van der Waals surface area contributed by atoms with Gasteiger partial charge in [0, 0.05) is 12.1 Å². The van der Waals surface area contributed by atoms with Crippen LogP contribution in [0.3, 0.4) is 0 Å². The summed E-state index contributed by atoms with van der Waals surface area (Å²) in [5.41, 5.74) is 10.6. The number of nitrogens with two attached hydrogens (primary N) is 2. The van der Waals surface area contributed by atoms with Crippen LogP contribution in [0.25, 0.3) is 0 Å². The first-order chi connectivity index (χ1) is 10.7. The molecule has 7 nitrogen and oxygen atoms in total. The lowest BCUT2D eigenvalue weighted by molar-refractivity contribution is -0.115. The standard InChI is InChI=1S/C15H21N3O4S.ClH/c1-15(9-16,11-4-5-11)18-14(20)10-2-6-12(7-3-10)23(21,22)8-13(17)19;/h2-3,6-7,11H,4-5,8-9,16H2,1H3,(H2,17,19)(H,18,20);1H. The van der Waals surface area contributed by atoms with Crippen LogP contribution >= 0.6 is 12.4 Å². The van der Waals surface area contributed by atoms with Gasteiger partial charge < -0.3 is 16.8 Å². The van der Waals surface area contributed by atoms with Crippen LogP contribution in [0.2, 0.25) is 0 Å². The maximum absolute atomic E-state index is 12.3. The SMILES string of the molecule is CC(CN)(NC(=O)c1ccc(S(=O)(=O)CC(N)=O)cc1)C1CC1.Cl. The topological polar surface area (TPSA) is 132 Å². The lowest BCUT2D eigenvalue weighted by Crippen LogP contribution is -2.53. The van der Waals surface area contributed by atoms with E-state index in [1.165, 1.54) is 24.3 Å². The van der Waals surface area contributed by atoms with Crippen molar-refractivity contribution < 1.29 is 18.0 Å². The van der Waals surface area contributed by atoms with Gasteiger partial charge in [-0.15, -0.1) is 12.4 Å². The molecule has 1 aromatic carbocycles. The molecule has 0 aromatic heterocycles. The Labute approximate surface area is 147 Å². The Hall–Kier alpha value is -1.64. The van der Waals surface area contributed by atoms with Crippen LogP contribution in [0, 0.1) is 5.92 Å². The highest BCUT2D eigenvalue weighted by atomic mass is 35.5. The number of hydrogen-bond acceptors (Lipinski definition) is 5. The lowest BCUT2D eigenvalue weighted by Gasteiger charge is -2.29. The van der Waals surface area contributed by atoms with Gasteiger partial charge in [-0.25, -0.2) is 8.42 Å². The molecule has 1 saturated carbocycles. The van der Waals surface area contributed by atoms with Gasteiger partial charge in [0.05, 0.1) is 10.4 Å². The number of halogens is 1. The number of amides is 2. The molecule has 0 radical (unpaired) electrons. The third kappa shape index (κ3) is 4.68. The molecule has 1 fully saturated rings. The van der Waals surface area contributed by atoms with Gasteiger partial charge in [-0.3, -0.25) is 9.59 Å². The molecule has 0 heterocycles. The van der Waals surface area contributed by atoms with Gasteiger partial charge >= 0.3 is 0 Å². The molecular weight excluding hydrogens is 354 g/mol. The molecule has 0 bridgehead atoms. The minimum absolute atomic E-state index is 0. The number of hydrogen-bond donors (Lipinski definition) is 3. The largest absolute Gasteiger partial charge is 0.369 e. The van der Waals surface area contributed by atoms with Crippen molar-refractivity contribution >= 4 is 34.1 Å². The molecule has 1 aliphatic rings. The fourth-order valence-corrected chi connectivity index (χ4v) is 3.55. The first-order valence-corrected chi connectivity index (χ1v) is 8.97. The maximum Gasteiger partial charge on any atom is 0.251 e. The van der Waals surface area contributed by atoms with Crippen LogP contribution < -0.4 is 16.8 Å². The van der Waals surface area contributed by atoms with E-state index in [1.807, 2.05) is 6.92 Å². The molecule has 24 heavy (non-hydrogen) atoms. The monoisotopic (exact) mass is 375 g/mol. The molecule has 2 rings (SSSR count). The molecule has 0 aliphatic heterocycles. The second-order valence-electron chi connectivity index (χ2n) is 6.10. The Balaban J connectivity index is 0.00000288. The van der Waals surface area contributed by atoms with Crippen LogP contribution in [0.4, 0.5) is 0 Å². The van der Waals surface area contributed by atoms with Crippen molar-refractivity contribution in [2.45, 2.75) is 30.2 Å². The average Bonchev–Trinajstić information content (AvgIpc) is 3.31. The number of carbonyl (C=O) groups is 2. The quantitative estimate of drug-likeness (QED) is 0.627. The number of nitrogens with one attached hydrogen (secondary N) is 1. The summed E-state index contributed by atoms with van der Waals surface area (Å²) in [6, 6.07) is 5.41. The molecule has 1 aromatic rings. The van der Waals surface area contributed by atoms with E-state index >= 15 is 0 Å². The molecular formula is C15H22ClN3O4S. The molecule has 2 amide bonds. The number of rotatable bonds is 7. The van der Waals surface area contributed by atoms with Crippen LogP contribution in [-0.2, 0) is 14.6 Å². The maximum atomic E-state index is 12.3. The highest BCUT2D eigenvalue weighted by molar-refractivity contribution is 7.92. The van der Waals surface area contributed by atoms with Crippen LogP contribution in [0.1, 0.15) is 30.1 Å². The van der Waals surface area contributed by atoms with Crippen molar-refractivity contribution in [3.05, 3.63) is 29.8 Å². The predicted octanol–water partition coefficient (Wildman–Crippen LogP) is 0.225. The minimum atomic E-state index is -3.77. The van der Waals surface area contributed by atoms with Gasteiger partial charge in [0.2, 0.25) is 5.91 Å². The van der Waals surface area contributed by atoms with Crippen LogP contribution in [-0.4, -0.2) is 38.1 Å². The van der Waals surface area contributed by atoms with Crippen molar-refractivity contribution in [3.63, 3.8) is 0 Å². The Kier molecular flexibility index (Phi) is 6.38. The van der Waals surface area contributed by atoms with Gasteiger partial charge in [-0.2, -0.15) is 0 Å². The zero-order valence-corrected chi connectivity index (χ0v) is 15.0. The van der Waals surface area contributed by atoms with Crippen molar-refractivity contribution in [1.29, 1.82) is 0 Å². The van der Waals surface area contributed by atoms with Gasteiger partial charge in [0.15, 0.2) is 9.84 Å². The third-order valence-electron chi connectivity index (χ3n) is 4.11. The van der Waals surface area contributed by atoms with Crippen molar-refractivity contribution in [1.82, 2.24) is 5.32 Å². The van der Waals surface area contributed by atoms with Crippen LogP contribution in [0.15, 0.2) is 29.2 Å². The summed E-state index contributed by atoms with van der Waals surface area (Å²) in [4.78, 5) is 23.0. The second kappa shape index (κ2) is 7.50. The lowest BCUT2D eigenvalue weighted by atomic mass is 9.95. The molecule has 1 atom stereocenters. The van der Waals surface area contributed by atoms with E-state index in [4.69, 9.17) is 11.5 Å². The summed E-state index contributed by atoms with van der Waals surface area (Å²) >= 11 is 0. The van der Waals surface area contributed by atoms with E-state index in [9.17, 15) is 18.0 Å². The van der Waals surface area contributed by atoms with Gasteiger partial charge in [-0.1, -0.05) is 0 Å². The highest BCUT2D eigenvalue weighted by Crippen LogP contribution is 2.39.